The molecule has 0 aromatic heterocycles. The zero-order valence-corrected chi connectivity index (χ0v) is 7.61. The van der Waals surface area contributed by atoms with Crippen LogP contribution in [0.4, 0.5) is 18.9 Å². The van der Waals surface area contributed by atoms with Crippen molar-refractivity contribution in [3.8, 4) is 0 Å². The summed E-state index contributed by atoms with van der Waals surface area (Å²) in [7, 11) is 1.48. The lowest BCUT2D eigenvalue weighted by Gasteiger charge is -2.07. The minimum Gasteiger partial charge on any atom is -0.383 e. The van der Waals surface area contributed by atoms with Gasteiger partial charge in [0.1, 0.15) is 5.82 Å². The quantitative estimate of drug-likeness (QED) is 0.600. The molecule has 0 amide bonds. The van der Waals surface area contributed by atoms with E-state index in [2.05, 4.69) is 5.32 Å². The van der Waals surface area contributed by atoms with Crippen molar-refractivity contribution in [2.45, 2.75) is 0 Å². The van der Waals surface area contributed by atoms with Gasteiger partial charge in [-0.3, -0.25) is 0 Å². The first-order chi connectivity index (χ1) is 6.65. The van der Waals surface area contributed by atoms with Crippen LogP contribution in [0, 0.1) is 17.5 Å². The Bertz CT molecular complexity index is 317. The van der Waals surface area contributed by atoms with E-state index >= 15 is 0 Å². The summed E-state index contributed by atoms with van der Waals surface area (Å²) in [6.45, 7) is 0.619. The predicted molar refractivity (Wildman–Crippen MR) is 46.7 cm³/mol. The summed E-state index contributed by atoms with van der Waals surface area (Å²) in [4.78, 5) is 0. The first-order valence-corrected chi connectivity index (χ1v) is 4.02. The highest BCUT2D eigenvalue weighted by molar-refractivity contribution is 5.45. The summed E-state index contributed by atoms with van der Waals surface area (Å²) < 4.78 is 43.0. The van der Waals surface area contributed by atoms with Crippen LogP contribution >= 0.6 is 0 Å². The van der Waals surface area contributed by atoms with Crippen LogP contribution in [0.5, 0.6) is 0 Å². The van der Waals surface area contributed by atoms with Gasteiger partial charge in [0.15, 0.2) is 11.6 Å². The smallest absolute Gasteiger partial charge is 0.182 e. The average molecular weight is 205 g/mol. The molecule has 0 heterocycles. The van der Waals surface area contributed by atoms with Crippen molar-refractivity contribution < 1.29 is 17.9 Å². The van der Waals surface area contributed by atoms with Gasteiger partial charge in [0.25, 0.3) is 0 Å². The van der Waals surface area contributed by atoms with Gasteiger partial charge in [-0.25, -0.2) is 13.2 Å². The second-order valence-corrected chi connectivity index (χ2v) is 2.67. The maximum Gasteiger partial charge on any atom is 0.182 e. The summed E-state index contributed by atoms with van der Waals surface area (Å²) in [6, 6.07) is 1.39. The molecule has 0 aliphatic heterocycles. The van der Waals surface area contributed by atoms with Crippen molar-refractivity contribution in [2.24, 2.45) is 0 Å². The van der Waals surface area contributed by atoms with Crippen LogP contribution in [0.3, 0.4) is 0 Å². The summed E-state index contributed by atoms with van der Waals surface area (Å²) >= 11 is 0. The van der Waals surface area contributed by atoms with Crippen molar-refractivity contribution in [1.29, 1.82) is 0 Å². The fourth-order valence-electron chi connectivity index (χ4n) is 0.972. The van der Waals surface area contributed by atoms with E-state index < -0.39 is 17.5 Å². The summed E-state index contributed by atoms with van der Waals surface area (Å²) in [5.41, 5.74) is -0.195. The largest absolute Gasteiger partial charge is 0.383 e. The van der Waals surface area contributed by atoms with Crippen LogP contribution in [-0.4, -0.2) is 20.3 Å². The predicted octanol–water partition coefficient (Wildman–Crippen LogP) is 2.16. The third kappa shape index (κ3) is 2.63. The van der Waals surface area contributed by atoms with Gasteiger partial charge in [-0.1, -0.05) is 0 Å². The van der Waals surface area contributed by atoms with Crippen LogP contribution in [0.2, 0.25) is 0 Å². The topological polar surface area (TPSA) is 21.3 Å². The molecule has 0 saturated heterocycles. The van der Waals surface area contributed by atoms with E-state index in [0.29, 0.717) is 12.7 Å². The second-order valence-electron chi connectivity index (χ2n) is 2.67. The highest BCUT2D eigenvalue weighted by Gasteiger charge is 2.09. The van der Waals surface area contributed by atoms with E-state index in [-0.39, 0.29) is 12.2 Å². The molecule has 0 saturated carbocycles. The molecule has 0 aliphatic carbocycles. The number of halogens is 3. The van der Waals surface area contributed by atoms with Crippen LogP contribution in [0.25, 0.3) is 0 Å². The number of hydrogen-bond donors (Lipinski definition) is 1. The van der Waals surface area contributed by atoms with Crippen LogP contribution in [0.1, 0.15) is 0 Å². The highest BCUT2D eigenvalue weighted by Crippen LogP contribution is 2.18. The number of ether oxygens (including phenoxy) is 1. The number of anilines is 1. The van der Waals surface area contributed by atoms with Gasteiger partial charge in [-0.2, -0.15) is 0 Å². The van der Waals surface area contributed by atoms with Crippen molar-refractivity contribution >= 4 is 5.69 Å². The van der Waals surface area contributed by atoms with Gasteiger partial charge in [0.2, 0.25) is 0 Å². The Morgan fingerprint density at radius 2 is 2.00 bits per heavy atom. The zero-order chi connectivity index (χ0) is 10.6. The van der Waals surface area contributed by atoms with Crippen molar-refractivity contribution in [2.75, 3.05) is 25.6 Å². The average Bonchev–Trinajstić information content (AvgIpc) is 2.13. The van der Waals surface area contributed by atoms with Crippen molar-refractivity contribution in [3.05, 3.63) is 29.6 Å². The summed E-state index contributed by atoms with van der Waals surface area (Å²) in [5, 5.41) is 2.52. The lowest BCUT2D eigenvalue weighted by molar-refractivity contribution is 0.210. The Balaban J connectivity index is 2.75. The number of hydrogen-bond acceptors (Lipinski definition) is 2. The third-order valence-corrected chi connectivity index (χ3v) is 1.61. The van der Waals surface area contributed by atoms with Crippen LogP contribution in [-0.2, 0) is 4.74 Å². The molecule has 0 aliphatic rings. The fourth-order valence-corrected chi connectivity index (χ4v) is 0.972. The maximum absolute atomic E-state index is 13.0. The molecule has 0 fully saturated rings. The monoisotopic (exact) mass is 205 g/mol. The molecule has 2 nitrogen and oxygen atoms in total. The number of rotatable bonds is 4. The molecule has 78 valence electrons. The minimum atomic E-state index is -1.20. The minimum absolute atomic E-state index is 0.195. The SMILES string of the molecule is COCCNc1cc(F)cc(F)c1F. The van der Waals surface area contributed by atoms with Gasteiger partial charge < -0.3 is 10.1 Å². The molecule has 0 bridgehead atoms. The molecule has 14 heavy (non-hydrogen) atoms. The zero-order valence-electron chi connectivity index (χ0n) is 7.61. The molecule has 0 atom stereocenters. The third-order valence-electron chi connectivity index (χ3n) is 1.61. The molecule has 0 unspecified atom stereocenters. The number of benzene rings is 1. The van der Waals surface area contributed by atoms with E-state index in [1.807, 2.05) is 0 Å². The summed E-state index contributed by atoms with van der Waals surface area (Å²) in [5.74, 6) is -3.10. The first-order valence-electron chi connectivity index (χ1n) is 4.02. The van der Waals surface area contributed by atoms with E-state index in [9.17, 15) is 13.2 Å². The van der Waals surface area contributed by atoms with Crippen LogP contribution in [0.15, 0.2) is 12.1 Å². The molecule has 1 N–H and O–H groups in total. The normalized spacial score (nSPS) is 10.3. The van der Waals surface area contributed by atoms with Gasteiger partial charge in [0.05, 0.1) is 12.3 Å². The first kappa shape index (κ1) is 10.8. The molecular weight excluding hydrogens is 195 g/mol. The van der Waals surface area contributed by atoms with E-state index in [0.717, 1.165) is 6.07 Å². The number of methoxy groups -OCH3 is 1. The standard InChI is InChI=1S/C9H10F3NO/c1-14-3-2-13-8-5-6(10)4-7(11)9(8)12/h4-5,13H,2-3H2,1H3. The lowest BCUT2D eigenvalue weighted by Crippen LogP contribution is -2.09. The van der Waals surface area contributed by atoms with Crippen molar-refractivity contribution in [1.82, 2.24) is 0 Å². The summed E-state index contributed by atoms with van der Waals surface area (Å²) in [6.07, 6.45) is 0. The molecular formula is C9H10F3NO. The Morgan fingerprint density at radius 1 is 1.29 bits per heavy atom. The van der Waals surface area contributed by atoms with Gasteiger partial charge >= 0.3 is 0 Å². The second kappa shape index (κ2) is 4.85. The van der Waals surface area contributed by atoms with Gasteiger partial charge in [-0.05, 0) is 0 Å². The maximum atomic E-state index is 13.0. The number of nitrogens with one attached hydrogen (secondary N) is 1. The Morgan fingerprint density at radius 3 is 2.64 bits per heavy atom. The van der Waals surface area contributed by atoms with Crippen molar-refractivity contribution in [3.63, 3.8) is 0 Å². The molecule has 0 radical (unpaired) electrons. The van der Waals surface area contributed by atoms with Gasteiger partial charge in [-0.15, -0.1) is 0 Å². The lowest BCUT2D eigenvalue weighted by atomic mass is 10.3. The van der Waals surface area contributed by atoms with E-state index in [4.69, 9.17) is 4.74 Å². The van der Waals surface area contributed by atoms with Gasteiger partial charge in [0, 0.05) is 25.8 Å². The molecule has 5 heteroatoms. The Hall–Kier alpha value is -1.23. The Labute approximate surface area is 79.7 Å². The molecule has 1 aromatic carbocycles. The highest BCUT2D eigenvalue weighted by atomic mass is 19.2. The molecule has 1 aromatic rings. The Kier molecular flexibility index (Phi) is 3.76. The molecule has 1 rings (SSSR count). The van der Waals surface area contributed by atoms with Crippen LogP contribution < -0.4 is 5.32 Å². The molecule has 0 spiro atoms. The van der Waals surface area contributed by atoms with E-state index in [1.165, 1.54) is 7.11 Å². The fraction of sp³-hybridized carbons (Fsp3) is 0.333. The van der Waals surface area contributed by atoms with E-state index in [1.54, 1.807) is 0 Å².